The Morgan fingerprint density at radius 1 is 1.17 bits per heavy atom. The Bertz CT molecular complexity index is 560. The lowest BCUT2D eigenvalue weighted by Gasteiger charge is -2.27. The molecule has 1 aromatic rings. The van der Waals surface area contributed by atoms with Gasteiger partial charge < -0.3 is 9.64 Å². The molecule has 0 spiro atoms. The number of amides is 1. The molecule has 0 N–H and O–H groups in total. The first-order valence-electron chi connectivity index (χ1n) is 8.07. The summed E-state index contributed by atoms with van der Waals surface area (Å²) in [5.41, 5.74) is 0.517. The van der Waals surface area contributed by atoms with Crippen LogP contribution in [-0.2, 0) is 4.74 Å². The molecule has 124 valence electrons. The summed E-state index contributed by atoms with van der Waals surface area (Å²) in [6.07, 6.45) is 0.567. The van der Waals surface area contributed by atoms with E-state index in [1.54, 1.807) is 4.90 Å². The molecule has 1 saturated heterocycles. The summed E-state index contributed by atoms with van der Waals surface area (Å²) >= 11 is 0. The average Bonchev–Trinajstić information content (AvgIpc) is 2.74. The van der Waals surface area contributed by atoms with Crippen LogP contribution >= 0.6 is 0 Å². The van der Waals surface area contributed by atoms with Crippen LogP contribution in [0.15, 0.2) is 30.3 Å². The standard InChI is InChI=1S/C18H25N3O2/c1-18(2,3)23-17(22)21-11-7-10-20(12-13-21)16(14-19)15-8-5-4-6-9-15/h4-6,8-9,16H,7,10-13H2,1-3H3. The summed E-state index contributed by atoms with van der Waals surface area (Å²) < 4.78 is 5.44. The molecule has 1 aliphatic heterocycles. The van der Waals surface area contributed by atoms with Gasteiger partial charge in [-0.05, 0) is 32.8 Å². The van der Waals surface area contributed by atoms with Crippen molar-refractivity contribution in [2.45, 2.75) is 38.8 Å². The van der Waals surface area contributed by atoms with Gasteiger partial charge in [-0.15, -0.1) is 0 Å². The second-order valence-corrected chi connectivity index (χ2v) is 6.80. The number of benzene rings is 1. The van der Waals surface area contributed by atoms with Crippen molar-refractivity contribution in [3.8, 4) is 6.07 Å². The monoisotopic (exact) mass is 315 g/mol. The van der Waals surface area contributed by atoms with Gasteiger partial charge in [-0.2, -0.15) is 5.26 Å². The van der Waals surface area contributed by atoms with Crippen LogP contribution in [0, 0.1) is 11.3 Å². The quantitative estimate of drug-likeness (QED) is 0.841. The third-order valence-electron chi connectivity index (χ3n) is 3.78. The summed E-state index contributed by atoms with van der Waals surface area (Å²) in [4.78, 5) is 16.1. The predicted molar refractivity (Wildman–Crippen MR) is 88.8 cm³/mol. The van der Waals surface area contributed by atoms with Crippen molar-refractivity contribution in [1.82, 2.24) is 9.80 Å². The lowest BCUT2D eigenvalue weighted by atomic mass is 10.1. The Labute approximate surface area is 138 Å². The molecule has 2 rings (SSSR count). The van der Waals surface area contributed by atoms with Crippen molar-refractivity contribution >= 4 is 6.09 Å². The number of rotatable bonds is 2. The number of carbonyl (C=O) groups excluding carboxylic acids is 1. The molecule has 5 heteroatoms. The van der Waals surface area contributed by atoms with Crippen molar-refractivity contribution in [1.29, 1.82) is 5.26 Å². The van der Waals surface area contributed by atoms with E-state index in [0.717, 1.165) is 18.5 Å². The molecule has 1 aromatic carbocycles. The Balaban J connectivity index is 2.01. The normalized spacial score (nSPS) is 17.9. The van der Waals surface area contributed by atoms with Gasteiger partial charge in [0.25, 0.3) is 0 Å². The molecule has 5 nitrogen and oxygen atoms in total. The summed E-state index contributed by atoms with van der Waals surface area (Å²) in [5.74, 6) is 0. The van der Waals surface area contributed by atoms with Crippen LogP contribution < -0.4 is 0 Å². The molecule has 1 atom stereocenters. The fourth-order valence-corrected chi connectivity index (χ4v) is 2.71. The Morgan fingerprint density at radius 3 is 2.48 bits per heavy atom. The van der Waals surface area contributed by atoms with E-state index in [1.807, 2.05) is 51.1 Å². The lowest BCUT2D eigenvalue weighted by Crippen LogP contribution is -2.39. The molecule has 1 heterocycles. The zero-order chi connectivity index (χ0) is 16.9. The van der Waals surface area contributed by atoms with Crippen LogP contribution in [0.25, 0.3) is 0 Å². The largest absolute Gasteiger partial charge is 0.444 e. The van der Waals surface area contributed by atoms with E-state index in [9.17, 15) is 10.1 Å². The highest BCUT2D eigenvalue weighted by atomic mass is 16.6. The molecule has 0 aromatic heterocycles. The number of hydrogen-bond acceptors (Lipinski definition) is 4. The first-order chi connectivity index (χ1) is 10.9. The van der Waals surface area contributed by atoms with Gasteiger partial charge in [-0.25, -0.2) is 4.79 Å². The Kier molecular flexibility index (Phi) is 5.62. The van der Waals surface area contributed by atoms with E-state index in [0.29, 0.717) is 19.6 Å². The van der Waals surface area contributed by atoms with E-state index < -0.39 is 5.60 Å². The van der Waals surface area contributed by atoms with Crippen LogP contribution in [0.5, 0.6) is 0 Å². The van der Waals surface area contributed by atoms with E-state index in [4.69, 9.17) is 4.74 Å². The van der Waals surface area contributed by atoms with E-state index in [2.05, 4.69) is 11.0 Å². The molecule has 0 bridgehead atoms. The SMILES string of the molecule is CC(C)(C)OC(=O)N1CCCN(C(C#N)c2ccccc2)CC1. The number of nitriles is 1. The maximum Gasteiger partial charge on any atom is 0.410 e. The number of ether oxygens (including phenoxy) is 1. The van der Waals surface area contributed by atoms with Crippen LogP contribution in [0.4, 0.5) is 4.79 Å². The van der Waals surface area contributed by atoms with Crippen molar-refractivity contribution in [3.05, 3.63) is 35.9 Å². The highest BCUT2D eigenvalue weighted by Crippen LogP contribution is 2.22. The second-order valence-electron chi connectivity index (χ2n) is 6.80. The minimum absolute atomic E-state index is 0.269. The third kappa shape index (κ3) is 4.97. The molecule has 1 amide bonds. The zero-order valence-corrected chi connectivity index (χ0v) is 14.2. The number of hydrogen-bond donors (Lipinski definition) is 0. The smallest absolute Gasteiger partial charge is 0.410 e. The molecular weight excluding hydrogens is 290 g/mol. The minimum atomic E-state index is -0.484. The molecule has 1 unspecified atom stereocenters. The summed E-state index contributed by atoms with van der Waals surface area (Å²) in [5, 5.41) is 9.55. The first-order valence-corrected chi connectivity index (χ1v) is 8.07. The lowest BCUT2D eigenvalue weighted by molar-refractivity contribution is 0.0256. The molecule has 23 heavy (non-hydrogen) atoms. The molecule has 1 fully saturated rings. The molecule has 0 aliphatic carbocycles. The van der Waals surface area contributed by atoms with Gasteiger partial charge in [0.2, 0.25) is 0 Å². The van der Waals surface area contributed by atoms with Gasteiger partial charge in [-0.3, -0.25) is 4.90 Å². The van der Waals surface area contributed by atoms with Gasteiger partial charge >= 0.3 is 6.09 Å². The number of carbonyl (C=O) groups is 1. The van der Waals surface area contributed by atoms with Crippen molar-refractivity contribution in [2.75, 3.05) is 26.2 Å². The highest BCUT2D eigenvalue weighted by Gasteiger charge is 2.27. The zero-order valence-electron chi connectivity index (χ0n) is 14.2. The van der Waals surface area contributed by atoms with Crippen LogP contribution in [0.3, 0.4) is 0 Å². The van der Waals surface area contributed by atoms with Crippen LogP contribution in [0.1, 0.15) is 38.8 Å². The second kappa shape index (κ2) is 7.47. The van der Waals surface area contributed by atoms with Crippen LogP contribution in [-0.4, -0.2) is 47.7 Å². The van der Waals surface area contributed by atoms with Crippen LogP contribution in [0.2, 0.25) is 0 Å². The average molecular weight is 315 g/mol. The Hall–Kier alpha value is -2.06. The van der Waals surface area contributed by atoms with Gasteiger partial charge in [0.15, 0.2) is 0 Å². The highest BCUT2D eigenvalue weighted by molar-refractivity contribution is 5.68. The maximum absolute atomic E-state index is 12.2. The maximum atomic E-state index is 12.2. The van der Waals surface area contributed by atoms with Crippen molar-refractivity contribution < 1.29 is 9.53 Å². The third-order valence-corrected chi connectivity index (χ3v) is 3.78. The summed E-state index contributed by atoms with van der Waals surface area (Å²) in [6, 6.07) is 11.9. The minimum Gasteiger partial charge on any atom is -0.444 e. The topological polar surface area (TPSA) is 56.6 Å². The fraction of sp³-hybridized carbons (Fsp3) is 0.556. The van der Waals surface area contributed by atoms with Gasteiger partial charge in [0.05, 0.1) is 6.07 Å². The molecule has 0 saturated carbocycles. The van der Waals surface area contributed by atoms with E-state index in [1.165, 1.54) is 0 Å². The number of nitrogens with zero attached hydrogens (tertiary/aromatic N) is 3. The fourth-order valence-electron chi connectivity index (χ4n) is 2.71. The summed E-state index contributed by atoms with van der Waals surface area (Å²) in [6.45, 7) is 8.33. The first kappa shape index (κ1) is 17.3. The molecule has 1 aliphatic rings. The molecular formula is C18H25N3O2. The summed E-state index contributed by atoms with van der Waals surface area (Å²) in [7, 11) is 0. The molecule has 0 radical (unpaired) electrons. The van der Waals surface area contributed by atoms with Crippen molar-refractivity contribution in [3.63, 3.8) is 0 Å². The van der Waals surface area contributed by atoms with Gasteiger partial charge in [-0.1, -0.05) is 30.3 Å². The van der Waals surface area contributed by atoms with E-state index in [-0.39, 0.29) is 12.1 Å². The van der Waals surface area contributed by atoms with Gasteiger partial charge in [0, 0.05) is 26.2 Å². The predicted octanol–water partition coefficient (Wildman–Crippen LogP) is 3.19. The van der Waals surface area contributed by atoms with E-state index >= 15 is 0 Å². The van der Waals surface area contributed by atoms with Gasteiger partial charge in [0.1, 0.15) is 11.6 Å². The van der Waals surface area contributed by atoms with Crippen molar-refractivity contribution in [2.24, 2.45) is 0 Å². The Morgan fingerprint density at radius 2 is 1.87 bits per heavy atom.